The predicted molar refractivity (Wildman–Crippen MR) is 99.8 cm³/mol. The minimum absolute atomic E-state index is 0.0719. The molecule has 1 aliphatic heterocycles. The molecule has 1 fully saturated rings. The quantitative estimate of drug-likeness (QED) is 0.437. The van der Waals surface area contributed by atoms with E-state index in [2.05, 4.69) is 4.98 Å². The second kappa shape index (κ2) is 6.57. The first kappa shape index (κ1) is 16.2. The standard InChI is InChI=1S/C20H14N2O3S/c23-17(14-9-5-2-6-10-14)15-16(13-7-3-1-4-8-13)22(19(25)18(15)24)20-21-11-12-26-20/h1-12,16,23H/b17-15+/t16-/m1/s1. The Bertz CT molecular complexity index is 982. The average Bonchev–Trinajstić information content (AvgIpc) is 3.30. The lowest BCUT2D eigenvalue weighted by Crippen LogP contribution is -2.29. The second-order valence-electron chi connectivity index (χ2n) is 5.76. The summed E-state index contributed by atoms with van der Waals surface area (Å²) in [6.45, 7) is 0. The molecular formula is C20H14N2O3S. The highest BCUT2D eigenvalue weighted by atomic mass is 32.1. The highest BCUT2D eigenvalue weighted by Crippen LogP contribution is 2.42. The zero-order chi connectivity index (χ0) is 18.1. The number of aromatic nitrogens is 1. The van der Waals surface area contributed by atoms with E-state index in [1.54, 1.807) is 35.8 Å². The predicted octanol–water partition coefficient (Wildman–Crippen LogP) is 3.77. The van der Waals surface area contributed by atoms with E-state index < -0.39 is 17.7 Å². The molecule has 0 bridgehead atoms. The number of aliphatic hydroxyl groups is 1. The van der Waals surface area contributed by atoms with E-state index in [4.69, 9.17) is 0 Å². The van der Waals surface area contributed by atoms with Crippen molar-refractivity contribution in [2.24, 2.45) is 0 Å². The molecular weight excluding hydrogens is 348 g/mol. The lowest BCUT2D eigenvalue weighted by molar-refractivity contribution is -0.132. The summed E-state index contributed by atoms with van der Waals surface area (Å²) in [6, 6.07) is 17.2. The fourth-order valence-corrected chi connectivity index (χ4v) is 3.73. The van der Waals surface area contributed by atoms with Gasteiger partial charge in [0.05, 0.1) is 11.6 Å². The van der Waals surface area contributed by atoms with Crippen LogP contribution < -0.4 is 4.90 Å². The van der Waals surface area contributed by atoms with Crippen LogP contribution in [0.15, 0.2) is 77.8 Å². The van der Waals surface area contributed by atoms with E-state index in [0.717, 1.165) is 5.56 Å². The summed E-state index contributed by atoms with van der Waals surface area (Å²) in [5, 5.41) is 13.0. The molecule has 1 saturated heterocycles. The Hall–Kier alpha value is -3.25. The van der Waals surface area contributed by atoms with Crippen molar-refractivity contribution < 1.29 is 14.7 Å². The van der Waals surface area contributed by atoms with E-state index in [1.807, 2.05) is 36.4 Å². The molecule has 1 aromatic heterocycles. The monoisotopic (exact) mass is 362 g/mol. The molecule has 1 aliphatic rings. The van der Waals surface area contributed by atoms with Crippen LogP contribution in [0.3, 0.4) is 0 Å². The van der Waals surface area contributed by atoms with Crippen molar-refractivity contribution in [1.82, 2.24) is 4.98 Å². The van der Waals surface area contributed by atoms with Crippen molar-refractivity contribution >= 4 is 33.9 Å². The largest absolute Gasteiger partial charge is 0.507 e. The Kier molecular flexibility index (Phi) is 4.10. The normalized spacial score (nSPS) is 19.1. The number of nitrogens with zero attached hydrogens (tertiary/aromatic N) is 2. The van der Waals surface area contributed by atoms with Crippen molar-refractivity contribution in [3.8, 4) is 0 Å². The molecule has 1 amide bonds. The van der Waals surface area contributed by atoms with Crippen LogP contribution >= 0.6 is 11.3 Å². The van der Waals surface area contributed by atoms with Crippen LogP contribution in [-0.4, -0.2) is 21.8 Å². The summed E-state index contributed by atoms with van der Waals surface area (Å²) >= 11 is 1.27. The number of anilines is 1. The van der Waals surface area contributed by atoms with Gasteiger partial charge >= 0.3 is 5.91 Å². The Balaban J connectivity index is 1.95. The SMILES string of the molecule is O=C1C(=O)N(c2nccs2)[C@H](c2ccccc2)/C1=C(\O)c1ccccc1. The number of ketones is 1. The number of hydrogen-bond donors (Lipinski definition) is 1. The van der Waals surface area contributed by atoms with E-state index >= 15 is 0 Å². The maximum absolute atomic E-state index is 12.8. The molecule has 128 valence electrons. The fourth-order valence-electron chi connectivity index (χ4n) is 3.07. The Morgan fingerprint density at radius 1 is 1.00 bits per heavy atom. The van der Waals surface area contributed by atoms with Gasteiger partial charge in [-0.2, -0.15) is 0 Å². The smallest absolute Gasteiger partial charge is 0.301 e. The highest BCUT2D eigenvalue weighted by Gasteiger charge is 2.47. The molecule has 1 atom stereocenters. The van der Waals surface area contributed by atoms with Crippen LogP contribution in [0, 0.1) is 0 Å². The van der Waals surface area contributed by atoms with Crippen molar-refractivity contribution in [2.75, 3.05) is 4.90 Å². The van der Waals surface area contributed by atoms with Gasteiger partial charge in [-0.1, -0.05) is 60.7 Å². The molecule has 0 unspecified atom stereocenters. The number of amides is 1. The van der Waals surface area contributed by atoms with Gasteiger partial charge in [-0.05, 0) is 5.56 Å². The van der Waals surface area contributed by atoms with Gasteiger partial charge in [0.2, 0.25) is 0 Å². The van der Waals surface area contributed by atoms with E-state index in [-0.39, 0.29) is 11.3 Å². The minimum atomic E-state index is -0.720. The number of benzene rings is 2. The number of Topliss-reactive ketones (excluding diaryl/α,β-unsaturated/α-hetero) is 1. The maximum atomic E-state index is 12.8. The van der Waals surface area contributed by atoms with Gasteiger partial charge in [0.25, 0.3) is 5.78 Å². The van der Waals surface area contributed by atoms with E-state index in [0.29, 0.717) is 10.7 Å². The van der Waals surface area contributed by atoms with Crippen molar-refractivity contribution in [2.45, 2.75) is 6.04 Å². The minimum Gasteiger partial charge on any atom is -0.507 e. The number of carbonyl (C=O) groups is 2. The Morgan fingerprint density at radius 3 is 2.27 bits per heavy atom. The second-order valence-corrected chi connectivity index (χ2v) is 6.63. The number of aliphatic hydroxyl groups excluding tert-OH is 1. The Labute approximate surface area is 153 Å². The van der Waals surface area contributed by atoms with Gasteiger partial charge in [-0.25, -0.2) is 4.98 Å². The first-order chi connectivity index (χ1) is 12.7. The van der Waals surface area contributed by atoms with Crippen LogP contribution in [-0.2, 0) is 9.59 Å². The zero-order valence-corrected chi connectivity index (χ0v) is 14.4. The third kappa shape index (κ3) is 2.60. The first-order valence-corrected chi connectivity index (χ1v) is 8.87. The third-order valence-corrected chi connectivity index (χ3v) is 5.00. The van der Waals surface area contributed by atoms with Gasteiger partial charge in [0, 0.05) is 17.1 Å². The van der Waals surface area contributed by atoms with Crippen LogP contribution in [0.4, 0.5) is 5.13 Å². The fraction of sp³-hybridized carbons (Fsp3) is 0.0500. The summed E-state index contributed by atoms with van der Waals surface area (Å²) < 4.78 is 0. The van der Waals surface area contributed by atoms with Crippen molar-refractivity contribution in [3.05, 3.63) is 88.9 Å². The molecule has 0 spiro atoms. The summed E-state index contributed by atoms with van der Waals surface area (Å²) in [5.41, 5.74) is 1.30. The third-order valence-electron chi connectivity index (χ3n) is 4.23. The van der Waals surface area contributed by atoms with Gasteiger partial charge in [-0.3, -0.25) is 14.5 Å². The maximum Gasteiger partial charge on any atom is 0.301 e. The molecule has 26 heavy (non-hydrogen) atoms. The first-order valence-electron chi connectivity index (χ1n) is 7.99. The molecule has 1 N–H and O–H groups in total. The summed E-state index contributed by atoms with van der Waals surface area (Å²) in [4.78, 5) is 31.1. The van der Waals surface area contributed by atoms with Crippen molar-refractivity contribution in [3.63, 3.8) is 0 Å². The molecule has 0 aliphatic carbocycles. The van der Waals surface area contributed by atoms with Gasteiger partial charge < -0.3 is 5.11 Å². The number of rotatable bonds is 3. The van der Waals surface area contributed by atoms with Crippen LogP contribution in [0.2, 0.25) is 0 Å². The summed E-state index contributed by atoms with van der Waals surface area (Å²) in [6.07, 6.45) is 1.58. The molecule has 3 aromatic rings. The zero-order valence-electron chi connectivity index (χ0n) is 13.6. The Morgan fingerprint density at radius 2 is 1.65 bits per heavy atom. The lowest BCUT2D eigenvalue weighted by atomic mass is 9.95. The number of hydrogen-bond acceptors (Lipinski definition) is 5. The van der Waals surface area contributed by atoms with Gasteiger partial charge in [0.15, 0.2) is 5.13 Å². The average molecular weight is 362 g/mol. The molecule has 0 radical (unpaired) electrons. The molecule has 5 nitrogen and oxygen atoms in total. The molecule has 6 heteroatoms. The van der Waals surface area contributed by atoms with Gasteiger partial charge in [0.1, 0.15) is 5.76 Å². The van der Waals surface area contributed by atoms with E-state index in [9.17, 15) is 14.7 Å². The molecule has 2 heterocycles. The summed E-state index contributed by atoms with van der Waals surface area (Å²) in [5.74, 6) is -1.58. The topological polar surface area (TPSA) is 70.5 Å². The molecule has 4 rings (SSSR count). The van der Waals surface area contributed by atoms with Gasteiger partial charge in [-0.15, -0.1) is 11.3 Å². The number of thiazole rings is 1. The van der Waals surface area contributed by atoms with Crippen LogP contribution in [0.25, 0.3) is 5.76 Å². The van der Waals surface area contributed by atoms with E-state index in [1.165, 1.54) is 16.2 Å². The number of carbonyl (C=O) groups excluding carboxylic acids is 2. The molecule has 2 aromatic carbocycles. The summed E-state index contributed by atoms with van der Waals surface area (Å²) in [7, 11) is 0. The van der Waals surface area contributed by atoms with Crippen LogP contribution in [0.1, 0.15) is 17.2 Å². The highest BCUT2D eigenvalue weighted by molar-refractivity contribution is 7.14. The molecule has 0 saturated carbocycles. The van der Waals surface area contributed by atoms with Crippen molar-refractivity contribution in [1.29, 1.82) is 0 Å². The lowest BCUT2D eigenvalue weighted by Gasteiger charge is -2.22. The van der Waals surface area contributed by atoms with Crippen LogP contribution in [0.5, 0.6) is 0 Å².